The Hall–Kier alpha value is -0.130. The van der Waals surface area contributed by atoms with Crippen molar-refractivity contribution in [2.45, 2.75) is 38.0 Å². The van der Waals surface area contributed by atoms with Gasteiger partial charge >= 0.3 is 0 Å². The summed E-state index contributed by atoms with van der Waals surface area (Å²) < 4.78 is 25.6. The van der Waals surface area contributed by atoms with Gasteiger partial charge in [-0.15, -0.1) is 0 Å². The Labute approximate surface area is 93.3 Å². The lowest BCUT2D eigenvalue weighted by atomic mass is 10.1. The van der Waals surface area contributed by atoms with Gasteiger partial charge in [-0.25, -0.2) is 12.7 Å². The zero-order chi connectivity index (χ0) is 11.6. The summed E-state index contributed by atoms with van der Waals surface area (Å²) >= 11 is 0. The number of likely N-dealkylation sites (N-methyl/N-ethyl adjacent to an activating group) is 1. The largest absolute Gasteiger partial charge is 0.305 e. The molecule has 0 bridgehead atoms. The third-order valence-corrected chi connectivity index (χ3v) is 5.29. The Bertz CT molecular complexity index is 299. The minimum Gasteiger partial charge on any atom is -0.305 e. The number of nitrogens with zero attached hydrogens (tertiary/aromatic N) is 2. The van der Waals surface area contributed by atoms with Gasteiger partial charge in [0.25, 0.3) is 0 Å². The van der Waals surface area contributed by atoms with Gasteiger partial charge < -0.3 is 4.90 Å². The molecule has 0 aromatic carbocycles. The quantitative estimate of drug-likeness (QED) is 0.723. The molecule has 1 aliphatic rings. The molecule has 90 valence electrons. The summed E-state index contributed by atoms with van der Waals surface area (Å²) in [6.45, 7) is 4.82. The Morgan fingerprint density at radius 1 is 1.33 bits per heavy atom. The van der Waals surface area contributed by atoms with Gasteiger partial charge in [0, 0.05) is 19.1 Å². The van der Waals surface area contributed by atoms with E-state index >= 15 is 0 Å². The summed E-state index contributed by atoms with van der Waals surface area (Å²) in [5, 5.41) is -0.307. The maximum Gasteiger partial charge on any atom is 0.216 e. The molecule has 15 heavy (non-hydrogen) atoms. The molecule has 0 N–H and O–H groups in total. The number of hydrogen-bond acceptors (Lipinski definition) is 3. The number of sulfonamides is 1. The van der Waals surface area contributed by atoms with Crippen LogP contribution in [-0.4, -0.2) is 56.1 Å². The minimum absolute atomic E-state index is 0.307. The van der Waals surface area contributed by atoms with Crippen LogP contribution in [-0.2, 0) is 10.0 Å². The maximum absolute atomic E-state index is 12.0. The van der Waals surface area contributed by atoms with Crippen LogP contribution >= 0.6 is 0 Å². The third-order valence-electron chi connectivity index (χ3n) is 3.05. The maximum atomic E-state index is 12.0. The SMILES string of the molecule is CC(C)S(=O)(=O)N1CCCC(N(C)C)C1. The highest BCUT2D eigenvalue weighted by atomic mass is 32.2. The predicted octanol–water partition coefficient (Wildman–Crippen LogP) is 0.751. The van der Waals surface area contributed by atoms with E-state index in [4.69, 9.17) is 0 Å². The summed E-state index contributed by atoms with van der Waals surface area (Å²) in [5.41, 5.74) is 0. The molecule has 0 aliphatic carbocycles. The van der Waals surface area contributed by atoms with E-state index in [1.54, 1.807) is 18.2 Å². The van der Waals surface area contributed by atoms with Gasteiger partial charge in [0.15, 0.2) is 0 Å². The van der Waals surface area contributed by atoms with Gasteiger partial charge in [0.2, 0.25) is 10.0 Å². The molecule has 1 atom stereocenters. The Balaban J connectivity index is 2.72. The first-order valence-electron chi connectivity index (χ1n) is 5.51. The molecule has 1 aliphatic heterocycles. The van der Waals surface area contributed by atoms with Crippen LogP contribution in [0.15, 0.2) is 0 Å². The second-order valence-corrected chi connectivity index (χ2v) is 7.20. The van der Waals surface area contributed by atoms with E-state index in [9.17, 15) is 8.42 Å². The summed E-state index contributed by atoms with van der Waals surface area (Å²) in [6, 6.07) is 0.368. The molecule has 0 spiro atoms. The lowest BCUT2D eigenvalue weighted by molar-refractivity contribution is 0.189. The molecule has 1 rings (SSSR count). The van der Waals surface area contributed by atoms with Crippen molar-refractivity contribution < 1.29 is 8.42 Å². The van der Waals surface area contributed by atoms with Crippen molar-refractivity contribution in [3.05, 3.63) is 0 Å². The van der Waals surface area contributed by atoms with Gasteiger partial charge in [0.05, 0.1) is 5.25 Å². The van der Waals surface area contributed by atoms with E-state index in [0.717, 1.165) is 12.8 Å². The predicted molar refractivity (Wildman–Crippen MR) is 62.3 cm³/mol. The van der Waals surface area contributed by atoms with E-state index in [0.29, 0.717) is 19.1 Å². The summed E-state index contributed by atoms with van der Waals surface area (Å²) in [7, 11) is 0.960. The van der Waals surface area contributed by atoms with Gasteiger partial charge in [-0.1, -0.05) is 0 Å². The number of rotatable bonds is 3. The van der Waals surface area contributed by atoms with E-state index in [-0.39, 0.29) is 5.25 Å². The highest BCUT2D eigenvalue weighted by Crippen LogP contribution is 2.19. The van der Waals surface area contributed by atoms with E-state index in [2.05, 4.69) is 4.90 Å². The summed E-state index contributed by atoms with van der Waals surface area (Å²) in [5.74, 6) is 0. The Morgan fingerprint density at radius 2 is 1.93 bits per heavy atom. The lowest BCUT2D eigenvalue weighted by Gasteiger charge is -2.36. The highest BCUT2D eigenvalue weighted by molar-refractivity contribution is 7.89. The molecular weight excluding hydrogens is 212 g/mol. The molecule has 1 saturated heterocycles. The van der Waals surface area contributed by atoms with Crippen molar-refractivity contribution in [2.75, 3.05) is 27.2 Å². The zero-order valence-corrected chi connectivity index (χ0v) is 10.9. The molecule has 0 saturated carbocycles. The van der Waals surface area contributed by atoms with Gasteiger partial charge in [-0.05, 0) is 40.8 Å². The standard InChI is InChI=1S/C10H22N2O2S/c1-9(2)15(13,14)12-7-5-6-10(8-12)11(3)4/h9-10H,5-8H2,1-4H3. The molecular formula is C10H22N2O2S. The molecule has 0 aromatic rings. The monoisotopic (exact) mass is 234 g/mol. The lowest BCUT2D eigenvalue weighted by Crippen LogP contribution is -2.49. The van der Waals surface area contributed by atoms with Crippen LogP contribution in [0.5, 0.6) is 0 Å². The van der Waals surface area contributed by atoms with Crippen molar-refractivity contribution in [1.82, 2.24) is 9.21 Å². The normalized spacial score (nSPS) is 25.1. The van der Waals surface area contributed by atoms with Crippen LogP contribution in [0.2, 0.25) is 0 Å². The fraction of sp³-hybridized carbons (Fsp3) is 1.00. The van der Waals surface area contributed by atoms with Crippen LogP contribution in [0, 0.1) is 0 Å². The average molecular weight is 234 g/mol. The fourth-order valence-electron chi connectivity index (χ4n) is 1.87. The Kier molecular flexibility index (Phi) is 4.14. The number of hydrogen-bond donors (Lipinski definition) is 0. The van der Waals surface area contributed by atoms with E-state index < -0.39 is 10.0 Å². The van der Waals surface area contributed by atoms with E-state index in [1.807, 2.05) is 14.1 Å². The van der Waals surface area contributed by atoms with E-state index in [1.165, 1.54) is 0 Å². The minimum atomic E-state index is -3.06. The first-order valence-corrected chi connectivity index (χ1v) is 7.01. The molecule has 0 aromatic heterocycles. The van der Waals surface area contributed by atoms with Crippen molar-refractivity contribution in [3.63, 3.8) is 0 Å². The first kappa shape index (κ1) is 12.9. The highest BCUT2D eigenvalue weighted by Gasteiger charge is 2.31. The van der Waals surface area contributed by atoms with Gasteiger partial charge in [-0.3, -0.25) is 0 Å². The summed E-state index contributed by atoms with van der Waals surface area (Å²) in [4.78, 5) is 2.11. The van der Waals surface area contributed by atoms with Crippen LogP contribution in [0.3, 0.4) is 0 Å². The molecule has 1 unspecified atom stereocenters. The zero-order valence-electron chi connectivity index (χ0n) is 10.1. The summed E-state index contributed by atoms with van der Waals surface area (Å²) in [6.07, 6.45) is 2.06. The average Bonchev–Trinajstić information content (AvgIpc) is 2.17. The molecule has 4 nitrogen and oxygen atoms in total. The Morgan fingerprint density at radius 3 is 2.40 bits per heavy atom. The molecule has 1 fully saturated rings. The first-order chi connectivity index (χ1) is 6.85. The second-order valence-electron chi connectivity index (χ2n) is 4.71. The third kappa shape index (κ3) is 2.92. The van der Waals surface area contributed by atoms with Crippen molar-refractivity contribution >= 4 is 10.0 Å². The second kappa shape index (κ2) is 4.80. The fourth-order valence-corrected chi connectivity index (χ4v) is 3.23. The van der Waals surface area contributed by atoms with Crippen LogP contribution in [0.4, 0.5) is 0 Å². The molecule has 0 amide bonds. The molecule has 0 radical (unpaired) electrons. The van der Waals surface area contributed by atoms with Crippen LogP contribution in [0.1, 0.15) is 26.7 Å². The smallest absolute Gasteiger partial charge is 0.216 e. The van der Waals surface area contributed by atoms with Crippen LogP contribution in [0.25, 0.3) is 0 Å². The molecule has 5 heteroatoms. The number of piperidine rings is 1. The van der Waals surface area contributed by atoms with Crippen molar-refractivity contribution in [3.8, 4) is 0 Å². The van der Waals surface area contributed by atoms with Crippen molar-refractivity contribution in [2.24, 2.45) is 0 Å². The van der Waals surface area contributed by atoms with Gasteiger partial charge in [-0.2, -0.15) is 0 Å². The van der Waals surface area contributed by atoms with Crippen molar-refractivity contribution in [1.29, 1.82) is 0 Å². The topological polar surface area (TPSA) is 40.6 Å². The van der Waals surface area contributed by atoms with Crippen LogP contribution < -0.4 is 0 Å². The molecule has 1 heterocycles. The van der Waals surface area contributed by atoms with Gasteiger partial charge in [0.1, 0.15) is 0 Å².